The van der Waals surface area contributed by atoms with Crippen LogP contribution in [0.25, 0.3) is 0 Å². The molecule has 1 aromatic rings. The Bertz CT molecular complexity index is 947. The Labute approximate surface area is 245 Å². The van der Waals surface area contributed by atoms with Crippen molar-refractivity contribution < 1.29 is 18.7 Å². The Morgan fingerprint density at radius 2 is 1.77 bits per heavy atom. The smallest absolute Gasteiger partial charge is 0.305 e. The topological polar surface area (TPSA) is 56.3 Å². The number of anilines is 1. The lowest BCUT2D eigenvalue weighted by molar-refractivity contribution is -0.148. The Kier molecular flexibility index (Phi) is 12.2. The minimum atomic E-state index is -0.212. The van der Waals surface area contributed by atoms with E-state index in [2.05, 4.69) is 19.6 Å². The molecule has 0 bridgehead atoms. The number of hydrogen-bond acceptors (Lipinski definition) is 6. The molecule has 0 aliphatic carbocycles. The fraction of sp³-hybridized carbons (Fsp3) is 0.724. The molecule has 10 heteroatoms. The highest BCUT2D eigenvalue weighted by Crippen LogP contribution is 2.43. The first kappa shape index (κ1) is 31.9. The molecule has 39 heavy (non-hydrogen) atoms. The number of ether oxygens (including phenoxy) is 1. The van der Waals surface area contributed by atoms with Gasteiger partial charge in [-0.25, -0.2) is 4.39 Å². The quantitative estimate of drug-likeness (QED) is 0.425. The second-order valence-electron chi connectivity index (χ2n) is 11.3. The first-order chi connectivity index (χ1) is 18.0. The maximum Gasteiger partial charge on any atom is 0.305 e. The van der Waals surface area contributed by atoms with E-state index in [1.165, 1.54) is 44.8 Å². The van der Waals surface area contributed by atoms with Gasteiger partial charge in [-0.2, -0.15) is 0 Å². The van der Waals surface area contributed by atoms with Gasteiger partial charge in [0.05, 0.1) is 13.2 Å². The molecule has 7 nitrogen and oxygen atoms in total. The Balaban J connectivity index is 0.00000210. The van der Waals surface area contributed by atoms with Gasteiger partial charge in [0, 0.05) is 56.9 Å². The summed E-state index contributed by atoms with van der Waals surface area (Å²) in [6.45, 7) is 9.12. The molecule has 220 valence electrons. The number of piperidine rings is 3. The van der Waals surface area contributed by atoms with Crippen LogP contribution in [0.2, 0.25) is 0 Å². The summed E-state index contributed by atoms with van der Waals surface area (Å²) in [5, 5.41) is 0. The Hall–Kier alpha value is -1.61. The van der Waals surface area contributed by atoms with Crippen LogP contribution in [-0.2, 0) is 14.3 Å². The molecule has 0 radical (unpaired) electrons. The molecule has 5 rings (SSSR count). The number of likely N-dealkylation sites (tertiary alicyclic amines) is 1. The van der Waals surface area contributed by atoms with E-state index in [0.29, 0.717) is 37.5 Å². The van der Waals surface area contributed by atoms with Crippen molar-refractivity contribution in [1.29, 1.82) is 0 Å². The SMILES string of the molecule is CCOC(=O)CCCC1C2CCCN3CCCC(CN1C(=O)CN1CCN(c4cccc(F)c4)CC1)C23.Cl.Cl. The Morgan fingerprint density at radius 1 is 1.03 bits per heavy atom. The second-order valence-corrected chi connectivity index (χ2v) is 11.3. The van der Waals surface area contributed by atoms with Crippen molar-refractivity contribution in [2.45, 2.75) is 64.0 Å². The maximum absolute atomic E-state index is 13.8. The predicted molar refractivity (Wildman–Crippen MR) is 156 cm³/mol. The van der Waals surface area contributed by atoms with Crippen LogP contribution in [-0.4, -0.2) is 97.6 Å². The predicted octanol–water partition coefficient (Wildman–Crippen LogP) is 4.23. The zero-order valence-corrected chi connectivity index (χ0v) is 24.8. The lowest BCUT2D eigenvalue weighted by Gasteiger charge is -2.57. The van der Waals surface area contributed by atoms with E-state index in [0.717, 1.165) is 51.3 Å². The molecule has 1 aromatic carbocycles. The number of esters is 1. The molecule has 4 unspecified atom stereocenters. The summed E-state index contributed by atoms with van der Waals surface area (Å²) in [6, 6.07) is 7.56. The third-order valence-electron chi connectivity index (χ3n) is 9.08. The van der Waals surface area contributed by atoms with Crippen LogP contribution < -0.4 is 4.90 Å². The molecular weight excluding hydrogens is 542 g/mol. The highest BCUT2D eigenvalue weighted by molar-refractivity contribution is 5.85. The average Bonchev–Trinajstić information content (AvgIpc) is 2.90. The van der Waals surface area contributed by atoms with Gasteiger partial charge in [-0.3, -0.25) is 19.4 Å². The number of amides is 1. The summed E-state index contributed by atoms with van der Waals surface area (Å²) in [7, 11) is 0. The molecular formula is C29H45Cl2FN4O3. The van der Waals surface area contributed by atoms with Gasteiger partial charge in [-0.1, -0.05) is 6.07 Å². The van der Waals surface area contributed by atoms with Gasteiger partial charge in [-0.05, 0) is 88.6 Å². The molecule has 4 aliphatic rings. The molecule has 4 saturated heterocycles. The fourth-order valence-corrected chi connectivity index (χ4v) is 7.46. The molecule has 1 amide bonds. The van der Waals surface area contributed by atoms with Crippen molar-refractivity contribution >= 4 is 42.4 Å². The van der Waals surface area contributed by atoms with Crippen molar-refractivity contribution in [3.63, 3.8) is 0 Å². The number of carbonyl (C=O) groups excluding carboxylic acids is 2. The van der Waals surface area contributed by atoms with Gasteiger partial charge < -0.3 is 14.5 Å². The van der Waals surface area contributed by atoms with Crippen LogP contribution >= 0.6 is 24.8 Å². The highest BCUT2D eigenvalue weighted by atomic mass is 35.5. The minimum absolute atomic E-state index is 0. The van der Waals surface area contributed by atoms with E-state index in [4.69, 9.17) is 4.74 Å². The second kappa shape index (κ2) is 14.9. The summed E-state index contributed by atoms with van der Waals surface area (Å²) >= 11 is 0. The molecule has 4 aliphatic heterocycles. The molecule has 4 heterocycles. The number of nitrogens with zero attached hydrogens (tertiary/aromatic N) is 4. The number of hydrogen-bond donors (Lipinski definition) is 0. The van der Waals surface area contributed by atoms with E-state index >= 15 is 0 Å². The highest BCUT2D eigenvalue weighted by Gasteiger charge is 2.49. The third kappa shape index (κ3) is 7.57. The minimum Gasteiger partial charge on any atom is -0.466 e. The van der Waals surface area contributed by atoms with Gasteiger partial charge in [0.15, 0.2) is 0 Å². The summed E-state index contributed by atoms with van der Waals surface area (Å²) in [6.07, 6.45) is 6.89. The molecule has 0 spiro atoms. The van der Waals surface area contributed by atoms with Crippen molar-refractivity contribution in [1.82, 2.24) is 14.7 Å². The van der Waals surface area contributed by atoms with Crippen molar-refractivity contribution in [2.75, 3.05) is 63.9 Å². The monoisotopic (exact) mass is 586 g/mol. The fourth-order valence-electron chi connectivity index (χ4n) is 7.46. The lowest BCUT2D eigenvalue weighted by atomic mass is 9.69. The molecule has 4 fully saturated rings. The number of piperazine rings is 1. The number of carbonyl (C=O) groups is 2. The Morgan fingerprint density at radius 3 is 2.49 bits per heavy atom. The summed E-state index contributed by atoms with van der Waals surface area (Å²) in [5.41, 5.74) is 0.911. The maximum atomic E-state index is 13.8. The van der Waals surface area contributed by atoms with Gasteiger partial charge in [0.2, 0.25) is 5.91 Å². The average molecular weight is 588 g/mol. The third-order valence-corrected chi connectivity index (χ3v) is 9.08. The van der Waals surface area contributed by atoms with Gasteiger partial charge >= 0.3 is 5.97 Å². The van der Waals surface area contributed by atoms with E-state index in [1.54, 1.807) is 12.1 Å². The zero-order chi connectivity index (χ0) is 25.8. The van der Waals surface area contributed by atoms with Gasteiger partial charge in [0.25, 0.3) is 0 Å². The largest absolute Gasteiger partial charge is 0.466 e. The number of halogens is 3. The summed E-state index contributed by atoms with van der Waals surface area (Å²) < 4.78 is 18.8. The van der Waals surface area contributed by atoms with Crippen LogP contribution in [0.15, 0.2) is 24.3 Å². The van der Waals surface area contributed by atoms with Crippen molar-refractivity contribution in [2.24, 2.45) is 11.8 Å². The zero-order valence-electron chi connectivity index (χ0n) is 23.1. The van der Waals surface area contributed by atoms with E-state index < -0.39 is 0 Å². The van der Waals surface area contributed by atoms with Crippen molar-refractivity contribution in [3.8, 4) is 0 Å². The van der Waals surface area contributed by atoms with Crippen LogP contribution in [0.4, 0.5) is 10.1 Å². The van der Waals surface area contributed by atoms with Crippen molar-refractivity contribution in [3.05, 3.63) is 30.1 Å². The molecule has 0 aromatic heterocycles. The van der Waals surface area contributed by atoms with Gasteiger partial charge in [0.1, 0.15) is 5.82 Å². The molecule has 4 atom stereocenters. The lowest BCUT2D eigenvalue weighted by Crippen LogP contribution is -2.66. The van der Waals surface area contributed by atoms with E-state index in [1.807, 2.05) is 13.0 Å². The van der Waals surface area contributed by atoms with E-state index in [9.17, 15) is 14.0 Å². The summed E-state index contributed by atoms with van der Waals surface area (Å²) in [4.78, 5) is 35.2. The van der Waals surface area contributed by atoms with Crippen LogP contribution in [0.1, 0.15) is 51.9 Å². The van der Waals surface area contributed by atoms with Crippen LogP contribution in [0.3, 0.4) is 0 Å². The normalized spacial score (nSPS) is 27.1. The van der Waals surface area contributed by atoms with E-state index in [-0.39, 0.29) is 48.5 Å². The number of benzene rings is 1. The van der Waals surface area contributed by atoms with Crippen LogP contribution in [0.5, 0.6) is 0 Å². The summed E-state index contributed by atoms with van der Waals surface area (Å²) in [5.74, 6) is 0.962. The molecule has 0 N–H and O–H groups in total. The molecule has 0 saturated carbocycles. The number of rotatable bonds is 8. The standard InChI is InChI=1S/C29H43FN4O3.2ClH/c1-2-37-28(36)12-4-11-26-25-10-6-14-33-13-5-7-22(29(25)33)20-34(26)27(35)21-31-15-17-32(18-16-31)24-9-3-8-23(30)19-24;;/h3,8-9,19,22,25-26,29H,2,4-7,10-18,20-21H2,1H3;2*1H. The first-order valence-electron chi connectivity index (χ1n) is 14.5. The van der Waals surface area contributed by atoms with Gasteiger partial charge in [-0.15, -0.1) is 24.8 Å². The first-order valence-corrected chi connectivity index (χ1v) is 14.5. The van der Waals surface area contributed by atoms with Crippen LogP contribution in [0, 0.1) is 17.7 Å².